The van der Waals surface area contributed by atoms with Crippen molar-refractivity contribution in [2.45, 2.75) is 0 Å². The smallest absolute Gasteiger partial charge is 0.335 e. The Morgan fingerprint density at radius 2 is 2.29 bits per heavy atom. The van der Waals surface area contributed by atoms with Crippen molar-refractivity contribution in [1.82, 2.24) is 0 Å². The number of benzene rings is 1. The molecule has 0 aliphatic rings. The van der Waals surface area contributed by atoms with E-state index in [9.17, 15) is 4.79 Å². The Labute approximate surface area is 84.6 Å². The van der Waals surface area contributed by atoms with Gasteiger partial charge < -0.3 is 9.84 Å². The molecule has 0 saturated heterocycles. The molecule has 0 aliphatic heterocycles. The van der Waals surface area contributed by atoms with E-state index in [1.54, 1.807) is 36.6 Å². The number of thiophene rings is 1. The molecule has 14 heavy (non-hydrogen) atoms. The van der Waals surface area contributed by atoms with E-state index < -0.39 is 5.97 Å². The zero-order valence-electron chi connectivity index (χ0n) is 7.48. The number of hydrogen-bond donors (Lipinski definition) is 1. The number of carbonyl (C=O) groups is 1. The zero-order chi connectivity index (χ0) is 10.1. The Morgan fingerprint density at radius 1 is 1.50 bits per heavy atom. The van der Waals surface area contributed by atoms with E-state index in [1.807, 2.05) is 5.38 Å². The summed E-state index contributed by atoms with van der Waals surface area (Å²) in [5, 5.41) is 11.5. The summed E-state index contributed by atoms with van der Waals surface area (Å²) in [6, 6.07) is 5.03. The largest absolute Gasteiger partial charge is 0.495 e. The highest BCUT2D eigenvalue weighted by atomic mass is 32.1. The quantitative estimate of drug-likeness (QED) is 0.825. The first-order valence-corrected chi connectivity index (χ1v) is 4.89. The van der Waals surface area contributed by atoms with Crippen molar-refractivity contribution in [2.75, 3.05) is 7.11 Å². The molecule has 1 N–H and O–H groups in total. The minimum atomic E-state index is -0.917. The summed E-state index contributed by atoms with van der Waals surface area (Å²) in [5.41, 5.74) is 0.286. The number of methoxy groups -OCH3 is 1. The van der Waals surface area contributed by atoms with Gasteiger partial charge in [0.2, 0.25) is 0 Å². The van der Waals surface area contributed by atoms with Gasteiger partial charge in [0.25, 0.3) is 0 Å². The van der Waals surface area contributed by atoms with Crippen LogP contribution in [-0.4, -0.2) is 18.2 Å². The zero-order valence-corrected chi connectivity index (χ0v) is 8.30. The maximum absolute atomic E-state index is 10.7. The molecule has 4 heteroatoms. The molecule has 1 aromatic heterocycles. The molecule has 2 aromatic rings. The number of fused-ring (bicyclic) bond motifs is 1. The predicted molar refractivity (Wildman–Crippen MR) is 55.3 cm³/mol. The van der Waals surface area contributed by atoms with Crippen LogP contribution in [0.4, 0.5) is 0 Å². The van der Waals surface area contributed by atoms with E-state index in [0.29, 0.717) is 0 Å². The second kappa shape index (κ2) is 3.31. The predicted octanol–water partition coefficient (Wildman–Crippen LogP) is 2.61. The molecule has 2 rings (SSSR count). The molecule has 0 bridgehead atoms. The van der Waals surface area contributed by atoms with E-state index in [2.05, 4.69) is 0 Å². The van der Waals surface area contributed by atoms with Gasteiger partial charge in [0.05, 0.1) is 12.7 Å². The first-order chi connectivity index (χ1) is 6.72. The maximum Gasteiger partial charge on any atom is 0.335 e. The van der Waals surface area contributed by atoms with Crippen molar-refractivity contribution >= 4 is 27.4 Å². The molecule has 0 atom stereocenters. The van der Waals surface area contributed by atoms with Crippen molar-refractivity contribution in [1.29, 1.82) is 0 Å². The third kappa shape index (κ3) is 1.33. The van der Waals surface area contributed by atoms with Gasteiger partial charge in [-0.3, -0.25) is 0 Å². The highest BCUT2D eigenvalue weighted by molar-refractivity contribution is 7.17. The summed E-state index contributed by atoms with van der Waals surface area (Å²) in [6.07, 6.45) is 0. The van der Waals surface area contributed by atoms with Gasteiger partial charge in [-0.05, 0) is 18.2 Å². The molecular formula is C10H8O3S. The summed E-state index contributed by atoms with van der Waals surface area (Å²) in [7, 11) is 1.58. The molecule has 0 spiro atoms. The minimum Gasteiger partial charge on any atom is -0.495 e. The maximum atomic E-state index is 10.7. The van der Waals surface area contributed by atoms with Crippen LogP contribution < -0.4 is 4.74 Å². The average molecular weight is 208 g/mol. The molecule has 0 fully saturated rings. The van der Waals surface area contributed by atoms with E-state index in [1.165, 1.54) is 0 Å². The van der Waals surface area contributed by atoms with Crippen molar-refractivity contribution < 1.29 is 14.6 Å². The molecule has 1 aromatic carbocycles. The second-order valence-electron chi connectivity index (χ2n) is 2.82. The summed E-state index contributed by atoms with van der Waals surface area (Å²) >= 11 is 1.54. The van der Waals surface area contributed by atoms with Crippen LogP contribution in [0.25, 0.3) is 10.1 Å². The minimum absolute atomic E-state index is 0.286. The average Bonchev–Trinajstić information content (AvgIpc) is 2.59. The van der Waals surface area contributed by atoms with Gasteiger partial charge in [-0.25, -0.2) is 4.79 Å². The Bertz CT molecular complexity index is 487. The number of carboxylic acids is 1. The molecule has 0 aliphatic carbocycles. The number of rotatable bonds is 2. The van der Waals surface area contributed by atoms with E-state index in [4.69, 9.17) is 9.84 Å². The fourth-order valence-electron chi connectivity index (χ4n) is 1.30. The van der Waals surface area contributed by atoms with Crippen LogP contribution in [0.15, 0.2) is 23.6 Å². The highest BCUT2D eigenvalue weighted by Crippen LogP contribution is 2.32. The Balaban J connectivity index is 2.67. The number of ether oxygens (including phenoxy) is 1. The Hall–Kier alpha value is -1.55. The third-order valence-electron chi connectivity index (χ3n) is 2.00. The normalized spacial score (nSPS) is 10.4. The van der Waals surface area contributed by atoms with E-state index >= 15 is 0 Å². The molecule has 72 valence electrons. The van der Waals surface area contributed by atoms with E-state index in [0.717, 1.165) is 15.8 Å². The van der Waals surface area contributed by atoms with Crippen molar-refractivity contribution in [3.63, 3.8) is 0 Å². The van der Waals surface area contributed by atoms with Crippen molar-refractivity contribution in [3.8, 4) is 5.75 Å². The van der Waals surface area contributed by atoms with Gasteiger partial charge in [0.1, 0.15) is 5.75 Å². The molecule has 0 amide bonds. The number of hydrogen-bond acceptors (Lipinski definition) is 3. The lowest BCUT2D eigenvalue weighted by atomic mass is 10.1. The van der Waals surface area contributed by atoms with Crippen molar-refractivity contribution in [2.24, 2.45) is 0 Å². The number of carboxylic acid groups (broad SMARTS) is 1. The molecule has 0 radical (unpaired) electrons. The van der Waals surface area contributed by atoms with Crippen LogP contribution in [0, 0.1) is 0 Å². The topological polar surface area (TPSA) is 46.5 Å². The fourth-order valence-corrected chi connectivity index (χ4v) is 2.19. The van der Waals surface area contributed by atoms with Crippen LogP contribution in [-0.2, 0) is 0 Å². The van der Waals surface area contributed by atoms with Gasteiger partial charge in [-0.15, -0.1) is 11.3 Å². The first-order valence-electron chi connectivity index (χ1n) is 4.01. The highest BCUT2D eigenvalue weighted by Gasteiger charge is 2.08. The Morgan fingerprint density at radius 3 is 2.93 bits per heavy atom. The molecular weight excluding hydrogens is 200 g/mol. The van der Waals surface area contributed by atoms with Gasteiger partial charge in [0.15, 0.2) is 0 Å². The SMILES string of the molecule is COc1csc2ccc(C(=O)O)cc12. The van der Waals surface area contributed by atoms with Gasteiger partial charge in [0, 0.05) is 15.5 Å². The first kappa shape index (κ1) is 9.02. The second-order valence-corrected chi connectivity index (χ2v) is 3.73. The fraction of sp³-hybridized carbons (Fsp3) is 0.100. The summed E-state index contributed by atoms with van der Waals surface area (Å²) in [5.74, 6) is -0.187. The third-order valence-corrected chi connectivity index (χ3v) is 2.95. The molecule has 3 nitrogen and oxygen atoms in total. The molecule has 0 saturated carbocycles. The molecule has 1 heterocycles. The van der Waals surface area contributed by atoms with Crippen LogP contribution in [0.3, 0.4) is 0 Å². The lowest BCUT2D eigenvalue weighted by Gasteiger charge is -1.97. The summed E-state index contributed by atoms with van der Waals surface area (Å²) in [6.45, 7) is 0. The van der Waals surface area contributed by atoms with Crippen LogP contribution in [0.5, 0.6) is 5.75 Å². The van der Waals surface area contributed by atoms with Crippen molar-refractivity contribution in [3.05, 3.63) is 29.1 Å². The van der Waals surface area contributed by atoms with Crippen LogP contribution in [0.1, 0.15) is 10.4 Å². The monoisotopic (exact) mass is 208 g/mol. The van der Waals surface area contributed by atoms with Gasteiger partial charge >= 0.3 is 5.97 Å². The van der Waals surface area contributed by atoms with E-state index in [-0.39, 0.29) is 5.56 Å². The lowest BCUT2D eigenvalue weighted by molar-refractivity contribution is 0.0697. The standard InChI is InChI=1S/C10H8O3S/c1-13-8-5-14-9-3-2-6(10(11)12)4-7(8)9/h2-5H,1H3,(H,11,12). The van der Waals surface area contributed by atoms with Gasteiger partial charge in [-0.2, -0.15) is 0 Å². The summed E-state index contributed by atoms with van der Waals surface area (Å²) < 4.78 is 6.15. The number of aromatic carboxylic acids is 1. The van der Waals surface area contributed by atoms with Crippen LogP contribution >= 0.6 is 11.3 Å². The molecule has 0 unspecified atom stereocenters. The Kier molecular flexibility index (Phi) is 2.13. The summed E-state index contributed by atoms with van der Waals surface area (Å²) in [4.78, 5) is 10.7. The lowest BCUT2D eigenvalue weighted by Crippen LogP contribution is -1.94. The van der Waals surface area contributed by atoms with Gasteiger partial charge in [-0.1, -0.05) is 0 Å². The van der Waals surface area contributed by atoms with Crippen LogP contribution in [0.2, 0.25) is 0 Å².